The van der Waals surface area contributed by atoms with Crippen molar-refractivity contribution >= 4 is 28.4 Å². The fraction of sp³-hybridized carbons (Fsp3) is 0.300. The van der Waals surface area contributed by atoms with Crippen LogP contribution in [0.15, 0.2) is 72.9 Å². The van der Waals surface area contributed by atoms with Crippen molar-refractivity contribution in [1.29, 1.82) is 0 Å². The molecule has 1 aliphatic heterocycles. The van der Waals surface area contributed by atoms with Crippen molar-refractivity contribution in [3.05, 3.63) is 94.6 Å². The molecule has 1 aromatic heterocycles. The molecule has 7 heteroatoms. The Morgan fingerprint density at radius 1 is 0.892 bits per heavy atom. The van der Waals surface area contributed by atoms with E-state index in [1.54, 1.807) is 12.1 Å². The molecule has 0 spiro atoms. The Morgan fingerprint density at radius 2 is 1.59 bits per heavy atom. The fourth-order valence-corrected chi connectivity index (χ4v) is 5.36. The minimum absolute atomic E-state index is 0.411. The van der Waals surface area contributed by atoms with E-state index >= 15 is 0 Å². The Bertz CT molecular complexity index is 1370. The standard InChI is InChI=1S/C30H34ClN5O/c31-28-5-2-1-4-25(28)20-35-16-14-34(15-17-35)19-22-6-11-29-26(18-22)27(21-36(29)13-3-12-32)23-7-9-24(10-8-23)30(33)37/h1-2,4-11,18,21H,3,12-17,19-20,32H2,(H2,33,37). The van der Waals surface area contributed by atoms with Gasteiger partial charge in [0.25, 0.3) is 0 Å². The Labute approximate surface area is 223 Å². The second-order valence-corrected chi connectivity index (χ2v) is 10.2. The number of amides is 1. The molecule has 0 radical (unpaired) electrons. The van der Waals surface area contributed by atoms with Gasteiger partial charge < -0.3 is 16.0 Å². The number of rotatable bonds is 9. The van der Waals surface area contributed by atoms with E-state index in [1.807, 2.05) is 24.3 Å². The highest BCUT2D eigenvalue weighted by atomic mass is 35.5. The number of halogens is 1. The summed E-state index contributed by atoms with van der Waals surface area (Å²) in [6.45, 7) is 7.46. The zero-order valence-electron chi connectivity index (χ0n) is 21.1. The van der Waals surface area contributed by atoms with Crippen LogP contribution in [0.4, 0.5) is 0 Å². The Kier molecular flexibility index (Phi) is 7.91. The fourth-order valence-electron chi connectivity index (χ4n) is 5.16. The number of benzene rings is 3. The zero-order chi connectivity index (χ0) is 25.8. The van der Waals surface area contributed by atoms with Gasteiger partial charge in [-0.1, -0.05) is 48.0 Å². The molecule has 4 aromatic rings. The molecule has 2 heterocycles. The summed E-state index contributed by atoms with van der Waals surface area (Å²) in [5.41, 5.74) is 17.7. The maximum Gasteiger partial charge on any atom is 0.248 e. The first-order valence-electron chi connectivity index (χ1n) is 12.9. The van der Waals surface area contributed by atoms with E-state index in [2.05, 4.69) is 50.9 Å². The third kappa shape index (κ3) is 5.89. The molecule has 1 fully saturated rings. The molecule has 1 saturated heterocycles. The third-order valence-corrected chi connectivity index (χ3v) is 7.62. The zero-order valence-corrected chi connectivity index (χ0v) is 21.8. The summed E-state index contributed by atoms with van der Waals surface area (Å²) in [6.07, 6.45) is 3.13. The van der Waals surface area contributed by atoms with Gasteiger partial charge in [-0.3, -0.25) is 14.6 Å². The number of fused-ring (bicyclic) bond motifs is 1. The number of hydrogen-bond donors (Lipinski definition) is 2. The second kappa shape index (κ2) is 11.5. The molecule has 37 heavy (non-hydrogen) atoms. The lowest BCUT2D eigenvalue weighted by molar-refractivity contribution is 0.100. The molecule has 192 valence electrons. The molecule has 1 aliphatic rings. The topological polar surface area (TPSA) is 80.5 Å². The highest BCUT2D eigenvalue weighted by Gasteiger charge is 2.19. The monoisotopic (exact) mass is 515 g/mol. The van der Waals surface area contributed by atoms with Gasteiger partial charge in [0.05, 0.1) is 0 Å². The van der Waals surface area contributed by atoms with Crippen molar-refractivity contribution in [2.45, 2.75) is 26.1 Å². The van der Waals surface area contributed by atoms with Gasteiger partial charge in [0.15, 0.2) is 0 Å². The number of nitrogens with two attached hydrogens (primary N) is 2. The van der Waals surface area contributed by atoms with Crippen LogP contribution in [0.25, 0.3) is 22.0 Å². The minimum Gasteiger partial charge on any atom is -0.366 e. The largest absolute Gasteiger partial charge is 0.366 e. The van der Waals surface area contributed by atoms with Gasteiger partial charge in [-0.15, -0.1) is 0 Å². The van der Waals surface area contributed by atoms with E-state index in [0.717, 1.165) is 68.4 Å². The second-order valence-electron chi connectivity index (χ2n) is 9.82. The lowest BCUT2D eigenvalue weighted by Gasteiger charge is -2.35. The summed E-state index contributed by atoms with van der Waals surface area (Å²) in [7, 11) is 0. The van der Waals surface area contributed by atoms with Crippen LogP contribution < -0.4 is 11.5 Å². The first-order chi connectivity index (χ1) is 18.0. The molecular formula is C30H34ClN5O. The summed E-state index contributed by atoms with van der Waals surface area (Å²) < 4.78 is 2.29. The van der Waals surface area contributed by atoms with Crippen molar-refractivity contribution in [3.63, 3.8) is 0 Å². The number of carbonyl (C=O) groups is 1. The molecule has 4 N–H and O–H groups in total. The predicted octanol–water partition coefficient (Wildman–Crippen LogP) is 4.73. The van der Waals surface area contributed by atoms with Crippen LogP contribution in [-0.2, 0) is 19.6 Å². The van der Waals surface area contributed by atoms with Gasteiger partial charge in [-0.2, -0.15) is 0 Å². The molecule has 1 amide bonds. The van der Waals surface area contributed by atoms with Gasteiger partial charge >= 0.3 is 0 Å². The SMILES string of the molecule is NCCCn1cc(-c2ccc(C(N)=O)cc2)c2cc(CN3CCN(Cc4ccccc4Cl)CC3)ccc21. The van der Waals surface area contributed by atoms with Crippen LogP contribution in [-0.4, -0.2) is 53.0 Å². The number of hydrogen-bond acceptors (Lipinski definition) is 4. The average Bonchev–Trinajstić information content (AvgIpc) is 3.27. The number of aromatic nitrogens is 1. The van der Waals surface area contributed by atoms with Gasteiger partial charge in [-0.05, 0) is 60.0 Å². The third-order valence-electron chi connectivity index (χ3n) is 7.25. The quantitative estimate of drug-likeness (QED) is 0.338. The Morgan fingerprint density at radius 3 is 2.27 bits per heavy atom. The summed E-state index contributed by atoms with van der Waals surface area (Å²) in [5, 5.41) is 2.07. The van der Waals surface area contributed by atoms with Crippen molar-refractivity contribution < 1.29 is 4.79 Å². The first-order valence-corrected chi connectivity index (χ1v) is 13.3. The van der Waals surface area contributed by atoms with E-state index in [4.69, 9.17) is 23.1 Å². The maximum atomic E-state index is 11.5. The van der Waals surface area contributed by atoms with E-state index in [1.165, 1.54) is 22.0 Å². The van der Waals surface area contributed by atoms with E-state index in [0.29, 0.717) is 12.1 Å². The normalized spacial score (nSPS) is 14.9. The summed E-state index contributed by atoms with van der Waals surface area (Å²) in [4.78, 5) is 16.5. The van der Waals surface area contributed by atoms with Gasteiger partial charge in [0, 0.05) is 79.1 Å². The predicted molar refractivity (Wildman–Crippen MR) is 152 cm³/mol. The first kappa shape index (κ1) is 25.5. The summed E-state index contributed by atoms with van der Waals surface area (Å²) in [5.74, 6) is -0.411. The highest BCUT2D eigenvalue weighted by Crippen LogP contribution is 2.32. The molecule has 3 aromatic carbocycles. The molecule has 0 aliphatic carbocycles. The van der Waals surface area contributed by atoms with Crippen LogP contribution >= 0.6 is 11.6 Å². The highest BCUT2D eigenvalue weighted by molar-refractivity contribution is 6.31. The van der Waals surface area contributed by atoms with Crippen molar-refractivity contribution in [2.24, 2.45) is 11.5 Å². The van der Waals surface area contributed by atoms with Crippen LogP contribution in [0.1, 0.15) is 27.9 Å². The maximum absolute atomic E-state index is 11.5. The number of nitrogens with zero attached hydrogens (tertiary/aromatic N) is 3. The minimum atomic E-state index is -0.411. The molecule has 6 nitrogen and oxygen atoms in total. The molecule has 0 bridgehead atoms. The van der Waals surface area contributed by atoms with Crippen LogP contribution in [0.2, 0.25) is 5.02 Å². The van der Waals surface area contributed by atoms with E-state index < -0.39 is 5.91 Å². The van der Waals surface area contributed by atoms with Gasteiger partial charge in [-0.25, -0.2) is 0 Å². The number of carbonyl (C=O) groups excluding carboxylic acids is 1. The van der Waals surface area contributed by atoms with Crippen LogP contribution in [0.3, 0.4) is 0 Å². The average molecular weight is 516 g/mol. The summed E-state index contributed by atoms with van der Waals surface area (Å²) in [6, 6.07) is 22.5. The molecular weight excluding hydrogens is 482 g/mol. The molecule has 0 saturated carbocycles. The Hall–Kier alpha value is -3.16. The lowest BCUT2D eigenvalue weighted by atomic mass is 10.0. The van der Waals surface area contributed by atoms with E-state index in [-0.39, 0.29) is 0 Å². The smallest absolute Gasteiger partial charge is 0.248 e. The van der Waals surface area contributed by atoms with Crippen molar-refractivity contribution in [1.82, 2.24) is 14.4 Å². The molecule has 0 unspecified atom stereocenters. The van der Waals surface area contributed by atoms with Crippen molar-refractivity contribution in [3.8, 4) is 11.1 Å². The van der Waals surface area contributed by atoms with Crippen molar-refractivity contribution in [2.75, 3.05) is 32.7 Å². The summed E-state index contributed by atoms with van der Waals surface area (Å²) >= 11 is 6.37. The number of piperazine rings is 1. The van der Waals surface area contributed by atoms with Crippen LogP contribution in [0, 0.1) is 0 Å². The molecule has 5 rings (SSSR count). The number of primary amides is 1. The van der Waals surface area contributed by atoms with Crippen LogP contribution in [0.5, 0.6) is 0 Å². The Balaban J connectivity index is 1.33. The lowest BCUT2D eigenvalue weighted by Crippen LogP contribution is -2.45. The molecule has 0 atom stereocenters. The number of aryl methyl sites for hydroxylation is 1. The van der Waals surface area contributed by atoms with E-state index in [9.17, 15) is 4.79 Å². The van der Waals surface area contributed by atoms with Gasteiger partial charge in [0.1, 0.15) is 0 Å². The van der Waals surface area contributed by atoms with Gasteiger partial charge in [0.2, 0.25) is 5.91 Å².